The van der Waals surface area contributed by atoms with Crippen LogP contribution in [0, 0.1) is 0 Å². The lowest BCUT2D eigenvalue weighted by atomic mass is 9.95. The summed E-state index contributed by atoms with van der Waals surface area (Å²) in [4.78, 5) is 47.0. The highest BCUT2D eigenvalue weighted by Gasteiger charge is 2.55. The van der Waals surface area contributed by atoms with E-state index in [4.69, 9.17) is 63.6 Å². The average molecular weight is 801 g/mol. The number of aliphatic hydroxyl groups excluding tert-OH is 6. The molecule has 0 saturated carbocycles. The molecule has 4 aliphatic rings. The Hall–Kier alpha value is -2.72. The van der Waals surface area contributed by atoms with Crippen LogP contribution < -0.4 is 11.5 Å². The molecule has 0 radical (unpaired) electrons. The van der Waals surface area contributed by atoms with Crippen LogP contribution in [0.5, 0.6) is 0 Å². The van der Waals surface area contributed by atoms with Crippen molar-refractivity contribution in [3.63, 3.8) is 0 Å². The highest BCUT2D eigenvalue weighted by Crippen LogP contribution is 2.35. The topological polar surface area (TPSA) is 343 Å². The number of nitrogens with two attached hydrogens (primary N) is 2. The molecular formula is C32H52N2O21. The van der Waals surface area contributed by atoms with Gasteiger partial charge in [-0.05, 0) is 13.8 Å². The number of rotatable bonds is 12. The van der Waals surface area contributed by atoms with Gasteiger partial charge in [0.1, 0.15) is 74.3 Å². The predicted molar refractivity (Wildman–Crippen MR) is 173 cm³/mol. The van der Waals surface area contributed by atoms with Crippen molar-refractivity contribution in [3.8, 4) is 0 Å². The number of aliphatic hydroxyl groups is 6. The minimum Gasteiger partial charge on any atom is -0.463 e. The van der Waals surface area contributed by atoms with E-state index in [1.165, 1.54) is 13.8 Å². The summed E-state index contributed by atoms with van der Waals surface area (Å²) in [5.41, 5.74) is 12.4. The molecule has 55 heavy (non-hydrogen) atoms. The first-order valence-corrected chi connectivity index (χ1v) is 17.5. The zero-order valence-electron chi connectivity index (χ0n) is 30.9. The first-order valence-electron chi connectivity index (χ1n) is 17.5. The van der Waals surface area contributed by atoms with Gasteiger partial charge in [0.2, 0.25) is 0 Å². The second kappa shape index (κ2) is 19.1. The van der Waals surface area contributed by atoms with E-state index < -0.39 is 160 Å². The smallest absolute Gasteiger partial charge is 0.303 e. The fraction of sp³-hybridized carbons (Fsp3) is 0.875. The summed E-state index contributed by atoms with van der Waals surface area (Å²) < 4.78 is 61.3. The van der Waals surface area contributed by atoms with Crippen molar-refractivity contribution in [1.29, 1.82) is 0 Å². The Labute approximate surface area is 314 Å². The van der Waals surface area contributed by atoms with E-state index in [0.29, 0.717) is 0 Å². The van der Waals surface area contributed by atoms with Crippen LogP contribution in [0.1, 0.15) is 41.5 Å². The third-order valence-corrected chi connectivity index (χ3v) is 9.37. The Bertz CT molecular complexity index is 1330. The number of hydrogen-bond acceptors (Lipinski definition) is 23. The summed E-state index contributed by atoms with van der Waals surface area (Å²) in [6, 6.07) is -2.85. The second-order valence-electron chi connectivity index (χ2n) is 13.7. The second-order valence-corrected chi connectivity index (χ2v) is 13.7. The molecule has 0 spiro atoms. The van der Waals surface area contributed by atoms with E-state index in [9.17, 15) is 49.8 Å². The molecule has 23 heteroatoms. The summed E-state index contributed by atoms with van der Waals surface area (Å²) in [6.45, 7) is 6.16. The van der Waals surface area contributed by atoms with Crippen molar-refractivity contribution in [2.75, 3.05) is 13.2 Å². The van der Waals surface area contributed by atoms with Crippen molar-refractivity contribution in [2.45, 2.75) is 164 Å². The van der Waals surface area contributed by atoms with Gasteiger partial charge in [-0.1, -0.05) is 0 Å². The SMILES string of the molecule is CC(=O)OCC1O[C@H](O[C@@H]2C(C)O[C@@H](O[C@@H]3C(COC(C)=O)O[C@H](O[C@@H]4C(C)O[C@@H](O)C(OC(C)=O)C4O)C(N)C3O)C(OC(C)=O)C2O)C(N)C(O)[C@@H]1O. The molecule has 12 unspecified atom stereocenters. The molecule has 4 aliphatic heterocycles. The van der Waals surface area contributed by atoms with Gasteiger partial charge in [-0.15, -0.1) is 0 Å². The lowest BCUT2D eigenvalue weighted by Gasteiger charge is -2.49. The third-order valence-electron chi connectivity index (χ3n) is 9.37. The van der Waals surface area contributed by atoms with Crippen molar-refractivity contribution in [1.82, 2.24) is 0 Å². The maximum atomic E-state index is 12.2. The number of hydrogen-bond donors (Lipinski definition) is 8. The van der Waals surface area contributed by atoms with Crippen LogP contribution in [0.3, 0.4) is 0 Å². The normalized spacial score (nSPS) is 44.9. The summed E-state index contributed by atoms with van der Waals surface area (Å²) in [5.74, 6) is -3.17. The largest absolute Gasteiger partial charge is 0.463 e. The summed E-state index contributed by atoms with van der Waals surface area (Å²) in [7, 11) is 0. The maximum absolute atomic E-state index is 12.2. The third kappa shape index (κ3) is 10.8. The van der Waals surface area contributed by atoms with E-state index >= 15 is 0 Å². The molecule has 10 N–H and O–H groups in total. The van der Waals surface area contributed by atoms with Gasteiger partial charge in [-0.25, -0.2) is 0 Å². The number of carbonyl (C=O) groups is 4. The molecule has 4 heterocycles. The van der Waals surface area contributed by atoms with Crippen LogP contribution >= 0.6 is 0 Å². The lowest BCUT2D eigenvalue weighted by molar-refractivity contribution is -0.370. The molecule has 4 saturated heterocycles. The van der Waals surface area contributed by atoms with Crippen molar-refractivity contribution < 1.29 is 102 Å². The first kappa shape index (κ1) is 45.0. The molecule has 20 atom stereocenters. The van der Waals surface area contributed by atoms with E-state index in [0.717, 1.165) is 27.7 Å². The Balaban J connectivity index is 1.53. The highest BCUT2D eigenvalue weighted by atomic mass is 16.8. The van der Waals surface area contributed by atoms with E-state index in [-0.39, 0.29) is 0 Å². The summed E-state index contributed by atoms with van der Waals surface area (Å²) >= 11 is 0. The van der Waals surface area contributed by atoms with Gasteiger partial charge in [-0.3, -0.25) is 19.2 Å². The van der Waals surface area contributed by atoms with Crippen LogP contribution in [0.25, 0.3) is 0 Å². The molecule has 0 aromatic rings. The van der Waals surface area contributed by atoms with Gasteiger partial charge >= 0.3 is 23.9 Å². The predicted octanol–water partition coefficient (Wildman–Crippen LogP) is -5.48. The van der Waals surface area contributed by atoms with Gasteiger partial charge < -0.3 is 94.2 Å². The molecular weight excluding hydrogens is 748 g/mol. The fourth-order valence-electron chi connectivity index (χ4n) is 6.57. The lowest BCUT2D eigenvalue weighted by Crippen LogP contribution is -2.69. The van der Waals surface area contributed by atoms with Crippen LogP contribution in [-0.4, -0.2) is 190 Å². The Morgan fingerprint density at radius 2 is 0.927 bits per heavy atom. The molecule has 4 rings (SSSR count). The quantitative estimate of drug-likeness (QED) is 0.0674. The molecule has 0 bridgehead atoms. The van der Waals surface area contributed by atoms with Crippen molar-refractivity contribution >= 4 is 23.9 Å². The monoisotopic (exact) mass is 800 g/mol. The highest BCUT2D eigenvalue weighted by molar-refractivity contribution is 5.67. The summed E-state index contributed by atoms with van der Waals surface area (Å²) in [6.07, 6.45) is -27.1. The van der Waals surface area contributed by atoms with Crippen LogP contribution in [0.2, 0.25) is 0 Å². The number of esters is 4. The van der Waals surface area contributed by atoms with Crippen LogP contribution in [0.15, 0.2) is 0 Å². The van der Waals surface area contributed by atoms with Crippen molar-refractivity contribution in [3.05, 3.63) is 0 Å². The van der Waals surface area contributed by atoms with Gasteiger partial charge in [0.25, 0.3) is 0 Å². The standard InChI is InChI=1S/C32H52N2O21/c1-9-24(22(42)27(29(44)47-9)49-13(5)37)53-31-18(34)21(41)26(16(52-31)8-46-12(4)36)55-32-28(50-14(6)38)23(43)25(10(2)48-32)54-30-17(33)20(40)19(39)15(51-30)7-45-11(3)35/h9-10,15-32,39-44H,7-8,33-34H2,1-6H3/t9?,10?,15?,16?,17?,18?,19-,20?,21?,22?,23?,24-,25-,26-,27?,28?,29-,30-,31-,32+/m1/s1. The average Bonchev–Trinajstić information content (AvgIpc) is 3.09. The molecule has 0 amide bonds. The molecule has 0 aliphatic carbocycles. The maximum Gasteiger partial charge on any atom is 0.303 e. The van der Waals surface area contributed by atoms with Gasteiger partial charge in [0.15, 0.2) is 37.4 Å². The van der Waals surface area contributed by atoms with Gasteiger partial charge in [-0.2, -0.15) is 0 Å². The minimum atomic E-state index is -1.77. The van der Waals surface area contributed by atoms with Crippen LogP contribution in [-0.2, 0) is 71.3 Å². The summed E-state index contributed by atoms with van der Waals surface area (Å²) in [5, 5.41) is 65.1. The van der Waals surface area contributed by atoms with E-state index in [2.05, 4.69) is 0 Å². The minimum absolute atomic E-state index is 0.467. The molecule has 0 aromatic heterocycles. The van der Waals surface area contributed by atoms with E-state index in [1.807, 2.05) is 0 Å². The van der Waals surface area contributed by atoms with Gasteiger partial charge in [0, 0.05) is 27.7 Å². The first-order chi connectivity index (χ1) is 25.7. The van der Waals surface area contributed by atoms with Gasteiger partial charge in [0.05, 0.1) is 24.3 Å². The Morgan fingerprint density at radius 1 is 0.491 bits per heavy atom. The Morgan fingerprint density at radius 3 is 1.45 bits per heavy atom. The molecule has 23 nitrogen and oxygen atoms in total. The molecule has 4 fully saturated rings. The fourth-order valence-corrected chi connectivity index (χ4v) is 6.57. The zero-order valence-corrected chi connectivity index (χ0v) is 30.9. The molecule has 0 aromatic carbocycles. The van der Waals surface area contributed by atoms with Crippen LogP contribution in [0.4, 0.5) is 0 Å². The van der Waals surface area contributed by atoms with E-state index in [1.54, 1.807) is 0 Å². The molecule has 316 valence electrons. The number of ether oxygens (including phenoxy) is 11. The number of carbonyl (C=O) groups excluding carboxylic acids is 4. The Kier molecular flexibility index (Phi) is 15.7. The van der Waals surface area contributed by atoms with Crippen molar-refractivity contribution in [2.24, 2.45) is 11.5 Å². The zero-order chi connectivity index (χ0) is 41.0.